The number of nitro benzene ring substituents is 1. The van der Waals surface area contributed by atoms with Gasteiger partial charge in [0.05, 0.1) is 11.0 Å². The first-order chi connectivity index (χ1) is 11.6. The normalized spacial score (nSPS) is 17.0. The predicted molar refractivity (Wildman–Crippen MR) is 91.6 cm³/mol. The lowest BCUT2D eigenvalue weighted by Crippen LogP contribution is -2.34. The number of nitrogens with zero attached hydrogens (tertiary/aromatic N) is 2. The van der Waals surface area contributed by atoms with Crippen LogP contribution in [-0.2, 0) is 4.79 Å². The molecule has 0 spiro atoms. The molecule has 1 aromatic carbocycles. The fourth-order valence-corrected chi connectivity index (χ4v) is 3.86. The number of benzene rings is 1. The van der Waals surface area contributed by atoms with E-state index < -0.39 is 4.92 Å². The van der Waals surface area contributed by atoms with Crippen LogP contribution in [0.1, 0.15) is 23.8 Å². The molecule has 6 nitrogen and oxygen atoms in total. The van der Waals surface area contributed by atoms with E-state index >= 15 is 0 Å². The van der Waals surface area contributed by atoms with Crippen LogP contribution in [0.3, 0.4) is 0 Å². The molecule has 1 aliphatic rings. The Morgan fingerprint density at radius 1 is 1.46 bits per heavy atom. The highest BCUT2D eigenvalue weighted by Crippen LogP contribution is 2.35. The molecule has 8 heteroatoms. The van der Waals surface area contributed by atoms with Crippen molar-refractivity contribution in [3.8, 4) is 5.75 Å². The molecule has 1 aromatic heterocycles. The first kappa shape index (κ1) is 16.7. The van der Waals surface area contributed by atoms with E-state index in [1.165, 1.54) is 18.2 Å². The van der Waals surface area contributed by atoms with E-state index in [9.17, 15) is 14.9 Å². The monoisotopic (exact) mass is 366 g/mol. The van der Waals surface area contributed by atoms with Gasteiger partial charge in [-0.15, -0.1) is 11.3 Å². The van der Waals surface area contributed by atoms with Gasteiger partial charge in [0.1, 0.15) is 0 Å². The summed E-state index contributed by atoms with van der Waals surface area (Å²) >= 11 is 7.39. The molecule has 1 fully saturated rings. The summed E-state index contributed by atoms with van der Waals surface area (Å²) in [4.78, 5) is 25.9. The van der Waals surface area contributed by atoms with E-state index in [-0.39, 0.29) is 35.0 Å². The largest absolute Gasteiger partial charge is 0.477 e. The maximum absolute atomic E-state index is 12.5. The number of hydrogen-bond acceptors (Lipinski definition) is 5. The second-order valence-electron chi connectivity index (χ2n) is 5.42. The number of carbonyl (C=O) groups is 1. The number of thiophene rings is 1. The minimum Gasteiger partial charge on any atom is -0.477 e. The van der Waals surface area contributed by atoms with Gasteiger partial charge in [0.15, 0.2) is 12.4 Å². The van der Waals surface area contributed by atoms with Gasteiger partial charge in [-0.3, -0.25) is 14.9 Å². The topological polar surface area (TPSA) is 72.7 Å². The number of rotatable bonds is 5. The predicted octanol–water partition coefficient (Wildman–Crippen LogP) is 4.05. The molecule has 3 rings (SSSR count). The second-order valence-corrected chi connectivity index (χ2v) is 6.83. The van der Waals surface area contributed by atoms with Crippen molar-refractivity contribution in [2.75, 3.05) is 13.2 Å². The fourth-order valence-electron chi connectivity index (χ4n) is 2.82. The molecule has 24 heavy (non-hydrogen) atoms. The minimum atomic E-state index is -0.573. The Kier molecular flexibility index (Phi) is 5.01. The lowest BCUT2D eigenvalue weighted by molar-refractivity contribution is -0.385. The van der Waals surface area contributed by atoms with Crippen LogP contribution in [-0.4, -0.2) is 28.9 Å². The van der Waals surface area contributed by atoms with E-state index in [1.807, 2.05) is 17.5 Å². The molecule has 0 saturated carbocycles. The number of nitro groups is 1. The third kappa shape index (κ3) is 3.52. The van der Waals surface area contributed by atoms with Crippen molar-refractivity contribution < 1.29 is 14.5 Å². The van der Waals surface area contributed by atoms with Crippen molar-refractivity contribution in [2.45, 2.75) is 18.9 Å². The standard InChI is InChI=1S/C16H15ClN2O4S/c17-11-5-6-14(13(9-11)19(21)22)23-10-16(20)18-7-1-3-12(18)15-4-2-8-24-15/h2,4-6,8-9,12H,1,3,7,10H2. The molecule has 1 saturated heterocycles. The van der Waals surface area contributed by atoms with Gasteiger partial charge in [-0.1, -0.05) is 17.7 Å². The smallest absolute Gasteiger partial charge is 0.312 e. The molecule has 0 bridgehead atoms. The molecule has 1 atom stereocenters. The quantitative estimate of drug-likeness (QED) is 0.591. The number of ether oxygens (including phenoxy) is 1. The Morgan fingerprint density at radius 3 is 3.00 bits per heavy atom. The Labute approximate surface area is 147 Å². The van der Waals surface area contributed by atoms with E-state index in [1.54, 1.807) is 16.2 Å². The van der Waals surface area contributed by atoms with Gasteiger partial charge in [-0.05, 0) is 36.4 Å². The molecule has 1 aliphatic heterocycles. The summed E-state index contributed by atoms with van der Waals surface area (Å²) in [5.74, 6) is -0.125. The molecule has 0 aliphatic carbocycles. The summed E-state index contributed by atoms with van der Waals surface area (Å²) < 4.78 is 5.41. The molecule has 2 aromatic rings. The molecular formula is C16H15ClN2O4S. The molecule has 1 amide bonds. The van der Waals surface area contributed by atoms with Crippen molar-refractivity contribution in [1.82, 2.24) is 4.90 Å². The minimum absolute atomic E-state index is 0.0459. The summed E-state index contributed by atoms with van der Waals surface area (Å²) in [7, 11) is 0. The van der Waals surface area contributed by atoms with Crippen LogP contribution in [0.4, 0.5) is 5.69 Å². The lowest BCUT2D eigenvalue weighted by Gasteiger charge is -2.23. The molecule has 0 N–H and O–H groups in total. The van der Waals surface area contributed by atoms with Crippen LogP contribution in [0.2, 0.25) is 5.02 Å². The van der Waals surface area contributed by atoms with Crippen LogP contribution in [0.5, 0.6) is 5.75 Å². The summed E-state index contributed by atoms with van der Waals surface area (Å²) in [5.41, 5.74) is -0.244. The van der Waals surface area contributed by atoms with Crippen molar-refractivity contribution in [2.24, 2.45) is 0 Å². The van der Waals surface area contributed by atoms with Crippen molar-refractivity contribution in [3.05, 3.63) is 55.7 Å². The van der Waals surface area contributed by atoms with Gasteiger partial charge >= 0.3 is 5.69 Å². The zero-order valence-electron chi connectivity index (χ0n) is 12.7. The third-order valence-corrected chi connectivity index (χ3v) is 5.12. The molecule has 126 valence electrons. The van der Waals surface area contributed by atoms with Crippen molar-refractivity contribution in [1.29, 1.82) is 0 Å². The van der Waals surface area contributed by atoms with Crippen molar-refractivity contribution in [3.63, 3.8) is 0 Å². The van der Waals surface area contributed by atoms with Crippen LogP contribution in [0.25, 0.3) is 0 Å². The number of carbonyl (C=O) groups excluding carboxylic acids is 1. The average molecular weight is 367 g/mol. The highest BCUT2D eigenvalue weighted by molar-refractivity contribution is 7.10. The van der Waals surface area contributed by atoms with Gasteiger partial charge in [-0.25, -0.2) is 0 Å². The number of halogens is 1. The van der Waals surface area contributed by atoms with Gasteiger partial charge in [-0.2, -0.15) is 0 Å². The molecule has 1 unspecified atom stereocenters. The van der Waals surface area contributed by atoms with E-state index in [4.69, 9.17) is 16.3 Å². The highest BCUT2D eigenvalue weighted by atomic mass is 35.5. The maximum atomic E-state index is 12.5. The zero-order chi connectivity index (χ0) is 17.1. The van der Waals surface area contributed by atoms with E-state index in [0.29, 0.717) is 6.54 Å². The van der Waals surface area contributed by atoms with E-state index in [0.717, 1.165) is 17.7 Å². The van der Waals surface area contributed by atoms with Crippen LogP contribution in [0, 0.1) is 10.1 Å². The number of hydrogen-bond donors (Lipinski definition) is 0. The SMILES string of the molecule is O=C(COc1ccc(Cl)cc1[N+](=O)[O-])N1CCCC1c1cccs1. The molecule has 0 radical (unpaired) electrons. The Balaban J connectivity index is 1.69. The summed E-state index contributed by atoms with van der Waals surface area (Å²) in [6, 6.07) is 8.18. The lowest BCUT2D eigenvalue weighted by atomic mass is 10.2. The fraction of sp³-hybridized carbons (Fsp3) is 0.312. The van der Waals surface area contributed by atoms with Crippen LogP contribution >= 0.6 is 22.9 Å². The average Bonchev–Trinajstić information content (AvgIpc) is 3.23. The van der Waals surface area contributed by atoms with Gasteiger partial charge in [0.2, 0.25) is 0 Å². The van der Waals surface area contributed by atoms with Gasteiger partial charge in [0, 0.05) is 22.5 Å². The third-order valence-electron chi connectivity index (χ3n) is 3.91. The number of amides is 1. The molecular weight excluding hydrogens is 352 g/mol. The summed E-state index contributed by atoms with van der Waals surface area (Å²) in [6.45, 7) is 0.442. The van der Waals surface area contributed by atoms with Crippen molar-refractivity contribution >= 4 is 34.5 Å². The second kappa shape index (κ2) is 7.19. The Hall–Kier alpha value is -2.12. The van der Waals surface area contributed by atoms with Crippen LogP contribution in [0.15, 0.2) is 35.7 Å². The van der Waals surface area contributed by atoms with Gasteiger partial charge in [0.25, 0.3) is 5.91 Å². The van der Waals surface area contributed by atoms with E-state index in [2.05, 4.69) is 0 Å². The first-order valence-corrected chi connectivity index (χ1v) is 8.71. The summed E-state index contributed by atoms with van der Waals surface area (Å²) in [5, 5.41) is 13.3. The zero-order valence-corrected chi connectivity index (χ0v) is 14.3. The van der Waals surface area contributed by atoms with Crippen LogP contribution < -0.4 is 4.74 Å². The first-order valence-electron chi connectivity index (χ1n) is 7.46. The Bertz CT molecular complexity index is 751. The van der Waals surface area contributed by atoms with Gasteiger partial charge < -0.3 is 9.64 Å². The maximum Gasteiger partial charge on any atom is 0.312 e. The number of likely N-dealkylation sites (tertiary alicyclic amines) is 1. The molecule has 2 heterocycles. The highest BCUT2D eigenvalue weighted by Gasteiger charge is 2.31. The summed E-state index contributed by atoms with van der Waals surface area (Å²) in [6.07, 6.45) is 1.86. The Morgan fingerprint density at radius 2 is 2.29 bits per heavy atom.